The maximum Gasteiger partial charge on any atom is 0.354 e. The largest absolute Gasteiger partial charge is 0.477 e. The topological polar surface area (TPSA) is 79.3 Å². The first-order chi connectivity index (χ1) is 9.01. The lowest BCUT2D eigenvalue weighted by molar-refractivity contribution is -0.126. The number of anilines is 1. The Kier molecular flexibility index (Phi) is 3.83. The van der Waals surface area contributed by atoms with E-state index in [2.05, 4.69) is 10.3 Å². The van der Waals surface area contributed by atoms with E-state index < -0.39 is 5.97 Å². The third-order valence-electron chi connectivity index (χ3n) is 3.72. The van der Waals surface area contributed by atoms with Gasteiger partial charge in [0.15, 0.2) is 5.69 Å². The number of nitrogens with one attached hydrogen (secondary N) is 1. The summed E-state index contributed by atoms with van der Waals surface area (Å²) in [6.07, 6.45) is 5.05. The Morgan fingerprint density at radius 2 is 1.95 bits per heavy atom. The second-order valence-electron chi connectivity index (χ2n) is 5.29. The molecule has 5 nitrogen and oxygen atoms in total. The lowest BCUT2D eigenvalue weighted by Gasteiger charge is -2.31. The number of aromatic nitrogens is 1. The Morgan fingerprint density at radius 1 is 1.26 bits per heavy atom. The van der Waals surface area contributed by atoms with Crippen LogP contribution in [-0.2, 0) is 4.79 Å². The molecule has 1 aliphatic carbocycles. The van der Waals surface area contributed by atoms with Crippen molar-refractivity contribution >= 4 is 17.7 Å². The monoisotopic (exact) mass is 262 g/mol. The molecule has 19 heavy (non-hydrogen) atoms. The molecule has 0 bridgehead atoms. The van der Waals surface area contributed by atoms with Crippen molar-refractivity contribution in [3.8, 4) is 0 Å². The Balaban J connectivity index is 2.10. The van der Waals surface area contributed by atoms with Crippen LogP contribution in [0.2, 0.25) is 0 Å². The predicted molar refractivity (Wildman–Crippen MR) is 71.0 cm³/mol. The van der Waals surface area contributed by atoms with Crippen LogP contribution in [0.15, 0.2) is 18.2 Å². The first kappa shape index (κ1) is 13.5. The highest BCUT2D eigenvalue weighted by molar-refractivity contribution is 5.95. The number of carboxylic acid groups (broad SMARTS) is 1. The molecule has 1 aliphatic rings. The molecule has 1 aromatic heterocycles. The van der Waals surface area contributed by atoms with Gasteiger partial charge in [-0.05, 0) is 25.0 Å². The minimum absolute atomic E-state index is 0.0633. The van der Waals surface area contributed by atoms with Crippen molar-refractivity contribution < 1.29 is 14.7 Å². The molecule has 0 atom stereocenters. The van der Waals surface area contributed by atoms with Gasteiger partial charge in [0, 0.05) is 5.41 Å². The van der Waals surface area contributed by atoms with Crippen molar-refractivity contribution in [3.63, 3.8) is 0 Å². The van der Waals surface area contributed by atoms with Crippen LogP contribution in [0.5, 0.6) is 0 Å². The standard InChI is InChI=1S/C14H18N2O3/c1-14(8-3-2-4-9-14)13(19)16-11-7-5-6-10(15-11)12(17)18/h5-7H,2-4,8-9H2,1H3,(H,17,18)(H,15,16,19). The van der Waals surface area contributed by atoms with Gasteiger partial charge in [0.05, 0.1) is 0 Å². The van der Waals surface area contributed by atoms with E-state index in [1.807, 2.05) is 6.92 Å². The van der Waals surface area contributed by atoms with Crippen molar-refractivity contribution in [3.05, 3.63) is 23.9 Å². The predicted octanol–water partition coefficient (Wildman–Crippen LogP) is 2.69. The van der Waals surface area contributed by atoms with Gasteiger partial charge in [-0.15, -0.1) is 0 Å². The Bertz CT molecular complexity index is 493. The van der Waals surface area contributed by atoms with Crippen LogP contribution in [0.25, 0.3) is 0 Å². The maximum absolute atomic E-state index is 12.3. The molecule has 1 saturated carbocycles. The molecule has 1 heterocycles. The second kappa shape index (κ2) is 5.38. The summed E-state index contributed by atoms with van der Waals surface area (Å²) in [7, 11) is 0. The number of amides is 1. The van der Waals surface area contributed by atoms with Crippen LogP contribution in [0, 0.1) is 5.41 Å². The summed E-state index contributed by atoms with van der Waals surface area (Å²) in [6, 6.07) is 4.59. The number of carbonyl (C=O) groups is 2. The van der Waals surface area contributed by atoms with Gasteiger partial charge >= 0.3 is 5.97 Å². The number of rotatable bonds is 3. The fraction of sp³-hybridized carbons (Fsp3) is 0.500. The van der Waals surface area contributed by atoms with Crippen LogP contribution < -0.4 is 5.32 Å². The molecular formula is C14H18N2O3. The van der Waals surface area contributed by atoms with Crippen molar-refractivity contribution in [2.45, 2.75) is 39.0 Å². The molecule has 0 saturated heterocycles. The van der Waals surface area contributed by atoms with Gasteiger partial charge in [0.25, 0.3) is 0 Å². The third-order valence-corrected chi connectivity index (χ3v) is 3.72. The van der Waals surface area contributed by atoms with E-state index in [-0.39, 0.29) is 17.0 Å². The SMILES string of the molecule is CC1(C(=O)Nc2cccc(C(=O)O)n2)CCCCC1. The second-order valence-corrected chi connectivity index (χ2v) is 5.29. The van der Waals surface area contributed by atoms with Crippen molar-refractivity contribution in [1.29, 1.82) is 0 Å². The first-order valence-electron chi connectivity index (χ1n) is 6.53. The minimum atomic E-state index is -1.10. The summed E-state index contributed by atoms with van der Waals surface area (Å²) in [5.41, 5.74) is -0.425. The molecule has 0 spiro atoms. The van der Waals surface area contributed by atoms with E-state index in [4.69, 9.17) is 5.11 Å². The lowest BCUT2D eigenvalue weighted by Crippen LogP contribution is -2.35. The smallest absolute Gasteiger partial charge is 0.354 e. The first-order valence-corrected chi connectivity index (χ1v) is 6.53. The Hall–Kier alpha value is -1.91. The highest BCUT2D eigenvalue weighted by Crippen LogP contribution is 2.36. The average Bonchev–Trinajstić information content (AvgIpc) is 2.40. The lowest BCUT2D eigenvalue weighted by atomic mass is 9.75. The summed E-state index contributed by atoms with van der Waals surface area (Å²) < 4.78 is 0. The molecular weight excluding hydrogens is 244 g/mol. The van der Waals surface area contributed by atoms with Crippen LogP contribution in [0.3, 0.4) is 0 Å². The molecule has 102 valence electrons. The van der Waals surface area contributed by atoms with Crippen molar-refractivity contribution in [1.82, 2.24) is 4.98 Å². The summed E-state index contributed by atoms with van der Waals surface area (Å²) in [5.74, 6) is -0.862. The third kappa shape index (κ3) is 3.10. The average molecular weight is 262 g/mol. The van der Waals surface area contributed by atoms with E-state index >= 15 is 0 Å². The van der Waals surface area contributed by atoms with E-state index in [1.165, 1.54) is 12.5 Å². The summed E-state index contributed by atoms with van der Waals surface area (Å²) in [5, 5.41) is 11.6. The molecule has 1 fully saturated rings. The molecule has 5 heteroatoms. The fourth-order valence-electron chi connectivity index (χ4n) is 2.45. The zero-order valence-corrected chi connectivity index (χ0v) is 11.0. The molecule has 0 aromatic carbocycles. The van der Waals surface area contributed by atoms with E-state index in [0.29, 0.717) is 5.82 Å². The van der Waals surface area contributed by atoms with Crippen LogP contribution in [0.4, 0.5) is 5.82 Å². The van der Waals surface area contributed by atoms with Gasteiger partial charge in [0.2, 0.25) is 5.91 Å². The van der Waals surface area contributed by atoms with E-state index in [9.17, 15) is 9.59 Å². The zero-order chi connectivity index (χ0) is 13.9. The molecule has 0 unspecified atom stereocenters. The van der Waals surface area contributed by atoms with Crippen LogP contribution >= 0.6 is 0 Å². The quantitative estimate of drug-likeness (QED) is 0.877. The molecule has 1 aromatic rings. The maximum atomic E-state index is 12.3. The Morgan fingerprint density at radius 3 is 2.58 bits per heavy atom. The summed E-state index contributed by atoms with van der Waals surface area (Å²) in [4.78, 5) is 27.0. The van der Waals surface area contributed by atoms with E-state index in [1.54, 1.807) is 12.1 Å². The number of carbonyl (C=O) groups excluding carboxylic acids is 1. The molecule has 2 N–H and O–H groups in total. The minimum Gasteiger partial charge on any atom is -0.477 e. The number of pyridine rings is 1. The van der Waals surface area contributed by atoms with Crippen LogP contribution in [0.1, 0.15) is 49.5 Å². The van der Waals surface area contributed by atoms with Gasteiger partial charge in [-0.1, -0.05) is 32.3 Å². The number of hydrogen-bond donors (Lipinski definition) is 2. The molecule has 0 aliphatic heterocycles. The van der Waals surface area contributed by atoms with Gasteiger partial charge in [-0.25, -0.2) is 9.78 Å². The van der Waals surface area contributed by atoms with Crippen molar-refractivity contribution in [2.24, 2.45) is 5.41 Å². The number of nitrogens with zero attached hydrogens (tertiary/aromatic N) is 1. The van der Waals surface area contributed by atoms with Gasteiger partial charge in [0.1, 0.15) is 5.82 Å². The number of hydrogen-bond acceptors (Lipinski definition) is 3. The zero-order valence-electron chi connectivity index (χ0n) is 11.0. The number of aromatic carboxylic acids is 1. The normalized spacial score (nSPS) is 17.7. The summed E-state index contributed by atoms with van der Waals surface area (Å²) in [6.45, 7) is 1.96. The van der Waals surface area contributed by atoms with Crippen LogP contribution in [-0.4, -0.2) is 22.0 Å². The number of carboxylic acids is 1. The molecule has 0 radical (unpaired) electrons. The van der Waals surface area contributed by atoms with Gasteiger partial charge in [-0.2, -0.15) is 0 Å². The van der Waals surface area contributed by atoms with Gasteiger partial charge < -0.3 is 10.4 Å². The fourth-order valence-corrected chi connectivity index (χ4v) is 2.45. The van der Waals surface area contributed by atoms with E-state index in [0.717, 1.165) is 25.7 Å². The Labute approximate surface area is 112 Å². The highest BCUT2D eigenvalue weighted by atomic mass is 16.4. The van der Waals surface area contributed by atoms with Crippen molar-refractivity contribution in [2.75, 3.05) is 5.32 Å². The van der Waals surface area contributed by atoms with Gasteiger partial charge in [-0.3, -0.25) is 4.79 Å². The molecule has 2 rings (SSSR count). The highest BCUT2D eigenvalue weighted by Gasteiger charge is 2.34. The molecule has 1 amide bonds. The summed E-state index contributed by atoms with van der Waals surface area (Å²) >= 11 is 0.